The van der Waals surface area contributed by atoms with Crippen molar-refractivity contribution in [3.63, 3.8) is 0 Å². The highest BCUT2D eigenvalue weighted by Gasteiger charge is 2.02. The summed E-state index contributed by atoms with van der Waals surface area (Å²) in [6, 6.07) is 0. The number of carboxylic acids is 1. The smallest absolute Gasteiger partial charge is 0.313 e. The molecule has 1 N–H and O–H groups in total. The lowest BCUT2D eigenvalue weighted by atomic mass is 10.8. The molecule has 1 aromatic heterocycles. The van der Waals surface area contributed by atoms with Crippen molar-refractivity contribution in [2.75, 3.05) is 5.75 Å². The highest BCUT2D eigenvalue weighted by Crippen LogP contribution is 2.27. The molecule has 0 aromatic carbocycles. The lowest BCUT2D eigenvalue weighted by Gasteiger charge is -1.88. The molecule has 6 heteroatoms. The Labute approximate surface area is 80.0 Å². The SMILES string of the molecule is O=C(O)CSc1ncc(Br)s1. The van der Waals surface area contributed by atoms with Crippen molar-refractivity contribution in [1.82, 2.24) is 4.98 Å². The van der Waals surface area contributed by atoms with Gasteiger partial charge >= 0.3 is 5.97 Å². The molecule has 0 amide bonds. The summed E-state index contributed by atoms with van der Waals surface area (Å²) in [6.45, 7) is 0. The Hall–Kier alpha value is -0.0700. The Morgan fingerprint density at radius 1 is 1.91 bits per heavy atom. The Balaban J connectivity index is 2.45. The summed E-state index contributed by atoms with van der Waals surface area (Å²) < 4.78 is 1.70. The van der Waals surface area contributed by atoms with Crippen molar-refractivity contribution >= 4 is 45.0 Å². The average molecular weight is 254 g/mol. The molecule has 1 heterocycles. The summed E-state index contributed by atoms with van der Waals surface area (Å²) in [5.74, 6) is -0.749. The van der Waals surface area contributed by atoms with Crippen LogP contribution >= 0.6 is 39.0 Å². The van der Waals surface area contributed by atoms with Gasteiger partial charge in [-0.3, -0.25) is 4.79 Å². The van der Waals surface area contributed by atoms with E-state index in [1.807, 2.05) is 0 Å². The molecule has 60 valence electrons. The van der Waals surface area contributed by atoms with E-state index in [0.717, 1.165) is 8.13 Å². The molecular weight excluding hydrogens is 250 g/mol. The Morgan fingerprint density at radius 3 is 3.09 bits per heavy atom. The number of nitrogens with zero attached hydrogens (tertiary/aromatic N) is 1. The molecule has 0 spiro atoms. The third kappa shape index (κ3) is 3.22. The molecule has 0 bridgehead atoms. The van der Waals surface area contributed by atoms with E-state index in [1.54, 1.807) is 6.20 Å². The molecule has 1 rings (SSSR count). The number of thiazole rings is 1. The van der Waals surface area contributed by atoms with E-state index < -0.39 is 5.97 Å². The molecule has 0 saturated heterocycles. The fraction of sp³-hybridized carbons (Fsp3) is 0.200. The van der Waals surface area contributed by atoms with Gasteiger partial charge in [-0.2, -0.15) is 0 Å². The summed E-state index contributed by atoms with van der Waals surface area (Å²) in [5, 5.41) is 8.33. The summed E-state index contributed by atoms with van der Waals surface area (Å²) in [7, 11) is 0. The second-order valence-electron chi connectivity index (χ2n) is 1.61. The van der Waals surface area contributed by atoms with Crippen molar-refractivity contribution in [2.24, 2.45) is 0 Å². The van der Waals surface area contributed by atoms with Crippen LogP contribution < -0.4 is 0 Å². The molecular formula is C5H4BrNO2S2. The van der Waals surface area contributed by atoms with Crippen LogP contribution in [0.25, 0.3) is 0 Å². The number of thioether (sulfide) groups is 1. The monoisotopic (exact) mass is 253 g/mol. The first-order valence-corrected chi connectivity index (χ1v) is 5.24. The van der Waals surface area contributed by atoms with Crippen LogP contribution in [0.1, 0.15) is 0 Å². The van der Waals surface area contributed by atoms with E-state index in [-0.39, 0.29) is 5.75 Å². The van der Waals surface area contributed by atoms with Gasteiger partial charge < -0.3 is 5.11 Å². The molecule has 0 atom stereocenters. The highest BCUT2D eigenvalue weighted by atomic mass is 79.9. The molecule has 3 nitrogen and oxygen atoms in total. The van der Waals surface area contributed by atoms with Gasteiger partial charge in [0.2, 0.25) is 0 Å². The minimum atomic E-state index is -0.818. The summed E-state index contributed by atoms with van der Waals surface area (Å²) in [6.07, 6.45) is 1.66. The number of halogens is 1. The lowest BCUT2D eigenvalue weighted by Crippen LogP contribution is -1.96. The zero-order valence-electron chi connectivity index (χ0n) is 5.28. The summed E-state index contributed by atoms with van der Waals surface area (Å²) in [5.41, 5.74) is 0. The number of carboxylic acid groups (broad SMARTS) is 1. The van der Waals surface area contributed by atoms with Crippen LogP contribution in [0.5, 0.6) is 0 Å². The minimum absolute atomic E-state index is 0.0694. The van der Waals surface area contributed by atoms with Gasteiger partial charge in [-0.15, -0.1) is 11.3 Å². The number of rotatable bonds is 3. The van der Waals surface area contributed by atoms with Crippen LogP contribution in [0.15, 0.2) is 14.3 Å². The van der Waals surface area contributed by atoms with E-state index in [9.17, 15) is 4.79 Å². The summed E-state index contributed by atoms with van der Waals surface area (Å²) in [4.78, 5) is 14.1. The Morgan fingerprint density at radius 2 is 2.64 bits per heavy atom. The Bertz CT molecular complexity index is 263. The van der Waals surface area contributed by atoms with Crippen molar-refractivity contribution in [2.45, 2.75) is 4.34 Å². The summed E-state index contributed by atoms with van der Waals surface area (Å²) >= 11 is 5.90. The number of hydrogen-bond donors (Lipinski definition) is 1. The predicted octanol–water partition coefficient (Wildman–Crippen LogP) is 2.08. The van der Waals surface area contributed by atoms with Crippen LogP contribution in [0.3, 0.4) is 0 Å². The van der Waals surface area contributed by atoms with Crippen LogP contribution in [0, 0.1) is 0 Å². The van der Waals surface area contributed by atoms with Crippen LogP contribution in [-0.4, -0.2) is 21.8 Å². The first kappa shape index (κ1) is 9.02. The first-order valence-electron chi connectivity index (χ1n) is 2.64. The van der Waals surface area contributed by atoms with E-state index in [4.69, 9.17) is 5.11 Å². The normalized spacial score (nSPS) is 9.91. The quantitative estimate of drug-likeness (QED) is 0.839. The van der Waals surface area contributed by atoms with E-state index >= 15 is 0 Å². The van der Waals surface area contributed by atoms with Crippen LogP contribution in [0.4, 0.5) is 0 Å². The number of carbonyl (C=O) groups is 1. The van der Waals surface area contributed by atoms with Crippen molar-refractivity contribution < 1.29 is 9.90 Å². The van der Waals surface area contributed by atoms with Gasteiger partial charge in [0.15, 0.2) is 4.34 Å². The van der Waals surface area contributed by atoms with Crippen molar-refractivity contribution in [3.8, 4) is 0 Å². The average Bonchev–Trinajstić information content (AvgIpc) is 2.31. The van der Waals surface area contributed by atoms with Gasteiger partial charge in [0.1, 0.15) is 0 Å². The van der Waals surface area contributed by atoms with Gasteiger partial charge in [-0.1, -0.05) is 11.8 Å². The van der Waals surface area contributed by atoms with Gasteiger partial charge in [0.25, 0.3) is 0 Å². The third-order valence-corrected chi connectivity index (χ3v) is 3.39. The predicted molar refractivity (Wildman–Crippen MR) is 48.2 cm³/mol. The fourth-order valence-electron chi connectivity index (χ4n) is 0.430. The van der Waals surface area contributed by atoms with Crippen molar-refractivity contribution in [3.05, 3.63) is 9.98 Å². The highest BCUT2D eigenvalue weighted by molar-refractivity contribution is 9.11. The lowest BCUT2D eigenvalue weighted by molar-refractivity contribution is -0.133. The third-order valence-electron chi connectivity index (χ3n) is 0.775. The zero-order valence-corrected chi connectivity index (χ0v) is 8.50. The number of hydrogen-bond acceptors (Lipinski definition) is 4. The second kappa shape index (κ2) is 4.08. The number of aromatic nitrogens is 1. The zero-order chi connectivity index (χ0) is 8.27. The maximum absolute atomic E-state index is 10.1. The maximum atomic E-state index is 10.1. The van der Waals surface area contributed by atoms with Crippen molar-refractivity contribution in [1.29, 1.82) is 0 Å². The minimum Gasteiger partial charge on any atom is -0.481 e. The van der Waals surface area contributed by atoms with Crippen LogP contribution in [0.2, 0.25) is 0 Å². The first-order chi connectivity index (χ1) is 5.18. The number of aliphatic carboxylic acids is 1. The van der Waals surface area contributed by atoms with Gasteiger partial charge in [-0.25, -0.2) is 4.98 Å². The molecule has 0 aliphatic heterocycles. The molecule has 0 radical (unpaired) electrons. The molecule has 0 fully saturated rings. The second-order valence-corrected chi connectivity index (χ2v) is 5.25. The molecule has 1 aromatic rings. The largest absolute Gasteiger partial charge is 0.481 e. The standard InChI is InChI=1S/C5H4BrNO2S2/c6-3-1-7-5(11-3)10-2-4(8)9/h1H,2H2,(H,8,9). The van der Waals surface area contributed by atoms with E-state index in [2.05, 4.69) is 20.9 Å². The molecule has 0 aliphatic carbocycles. The molecule has 0 saturated carbocycles. The Kier molecular flexibility index (Phi) is 3.35. The van der Waals surface area contributed by atoms with Gasteiger partial charge in [0, 0.05) is 0 Å². The van der Waals surface area contributed by atoms with Gasteiger partial charge in [-0.05, 0) is 15.9 Å². The molecule has 0 aliphatic rings. The molecule has 11 heavy (non-hydrogen) atoms. The van der Waals surface area contributed by atoms with E-state index in [0.29, 0.717) is 0 Å². The fourth-order valence-corrected chi connectivity index (χ4v) is 2.75. The van der Waals surface area contributed by atoms with Crippen LogP contribution in [-0.2, 0) is 4.79 Å². The van der Waals surface area contributed by atoms with Gasteiger partial charge in [0.05, 0.1) is 15.7 Å². The maximum Gasteiger partial charge on any atom is 0.313 e. The topological polar surface area (TPSA) is 50.2 Å². The van der Waals surface area contributed by atoms with E-state index in [1.165, 1.54) is 23.1 Å². The molecule has 0 unspecified atom stereocenters.